The molecule has 1 saturated carbocycles. The van der Waals surface area contributed by atoms with Crippen molar-refractivity contribution in [2.75, 3.05) is 19.6 Å². The molecule has 108 valence electrons. The summed E-state index contributed by atoms with van der Waals surface area (Å²) in [5.41, 5.74) is -0.286. The Hall–Kier alpha value is -0.630. The van der Waals surface area contributed by atoms with Crippen LogP contribution < -0.4 is 5.32 Å². The lowest BCUT2D eigenvalue weighted by Gasteiger charge is -2.39. The lowest BCUT2D eigenvalue weighted by atomic mass is 9.98. The van der Waals surface area contributed by atoms with Gasteiger partial charge in [0, 0.05) is 19.1 Å². The summed E-state index contributed by atoms with van der Waals surface area (Å²) in [6.07, 6.45) is 4.77. The van der Waals surface area contributed by atoms with Crippen LogP contribution in [-0.4, -0.2) is 48.3 Å². The van der Waals surface area contributed by atoms with Gasteiger partial charge in [-0.1, -0.05) is 6.92 Å². The molecule has 0 bridgehead atoms. The Bertz CT molecular complexity index is 331. The number of nitrogens with one attached hydrogen (secondary N) is 1. The highest BCUT2D eigenvalue weighted by atomic mass is 16.5. The average molecular weight is 265 g/mol. The van der Waals surface area contributed by atoms with E-state index in [0.717, 1.165) is 45.3 Å². The van der Waals surface area contributed by atoms with Crippen molar-refractivity contribution in [2.24, 2.45) is 0 Å². The van der Waals surface area contributed by atoms with E-state index in [1.165, 1.54) is 0 Å². The van der Waals surface area contributed by atoms with Crippen LogP contribution in [-0.2, 0) is 4.74 Å². The summed E-state index contributed by atoms with van der Waals surface area (Å²) in [5, 5.41) is 13.0. The Morgan fingerprint density at radius 3 is 2.63 bits per heavy atom. The summed E-state index contributed by atoms with van der Waals surface area (Å²) >= 11 is 0. The van der Waals surface area contributed by atoms with Crippen LogP contribution in [0.4, 0.5) is 0 Å². The van der Waals surface area contributed by atoms with Crippen LogP contribution >= 0.6 is 0 Å². The van der Waals surface area contributed by atoms with Gasteiger partial charge in [-0.25, -0.2) is 0 Å². The predicted molar refractivity (Wildman–Crippen MR) is 75.9 cm³/mol. The molecule has 1 N–H and O–H groups in total. The number of rotatable bonds is 4. The van der Waals surface area contributed by atoms with Gasteiger partial charge in [0.05, 0.1) is 18.3 Å². The molecular weight excluding hydrogens is 238 g/mol. The minimum atomic E-state index is -0.286. The van der Waals surface area contributed by atoms with Gasteiger partial charge in [0.25, 0.3) is 0 Å². The number of nitriles is 1. The fourth-order valence-electron chi connectivity index (χ4n) is 3.51. The van der Waals surface area contributed by atoms with E-state index < -0.39 is 0 Å². The SMILES string of the molecule is CCCNC1(C#N)CCC(N2C[C@@H](C)O[C@@H](C)C2)C1. The van der Waals surface area contributed by atoms with Gasteiger partial charge in [-0.05, 0) is 46.1 Å². The zero-order valence-corrected chi connectivity index (χ0v) is 12.5. The molecule has 2 aliphatic rings. The molecular formula is C15H27N3O. The van der Waals surface area contributed by atoms with E-state index in [1.54, 1.807) is 0 Å². The monoisotopic (exact) mass is 265 g/mol. The zero-order valence-electron chi connectivity index (χ0n) is 12.5. The van der Waals surface area contributed by atoms with E-state index in [-0.39, 0.29) is 5.54 Å². The number of hydrogen-bond donors (Lipinski definition) is 1. The molecule has 19 heavy (non-hydrogen) atoms. The van der Waals surface area contributed by atoms with Crippen LogP contribution in [0.2, 0.25) is 0 Å². The maximum Gasteiger partial charge on any atom is 0.108 e. The Kier molecular flexibility index (Phi) is 4.83. The summed E-state index contributed by atoms with van der Waals surface area (Å²) in [6.45, 7) is 9.38. The maximum absolute atomic E-state index is 9.51. The van der Waals surface area contributed by atoms with E-state index in [2.05, 4.69) is 37.1 Å². The number of hydrogen-bond acceptors (Lipinski definition) is 4. The van der Waals surface area contributed by atoms with Crippen LogP contribution in [0.3, 0.4) is 0 Å². The Morgan fingerprint density at radius 1 is 1.37 bits per heavy atom. The Labute approximate surface area is 117 Å². The van der Waals surface area contributed by atoms with Crippen molar-refractivity contribution >= 4 is 0 Å². The van der Waals surface area contributed by atoms with Crippen molar-refractivity contribution in [1.82, 2.24) is 10.2 Å². The van der Waals surface area contributed by atoms with Crippen molar-refractivity contribution in [3.63, 3.8) is 0 Å². The molecule has 0 aromatic heterocycles. The van der Waals surface area contributed by atoms with Crippen LogP contribution in [0.1, 0.15) is 46.5 Å². The molecule has 4 nitrogen and oxygen atoms in total. The fraction of sp³-hybridized carbons (Fsp3) is 0.933. The molecule has 2 fully saturated rings. The molecule has 0 spiro atoms. The minimum absolute atomic E-state index is 0.286. The van der Waals surface area contributed by atoms with Crippen LogP contribution in [0.5, 0.6) is 0 Å². The molecule has 1 saturated heterocycles. The lowest BCUT2D eigenvalue weighted by Crippen LogP contribution is -2.51. The van der Waals surface area contributed by atoms with Crippen LogP contribution in [0.15, 0.2) is 0 Å². The molecule has 1 aliphatic heterocycles. The van der Waals surface area contributed by atoms with E-state index in [0.29, 0.717) is 18.2 Å². The van der Waals surface area contributed by atoms with Gasteiger partial charge in [-0.2, -0.15) is 5.26 Å². The minimum Gasteiger partial charge on any atom is -0.373 e. The fourth-order valence-corrected chi connectivity index (χ4v) is 3.51. The lowest BCUT2D eigenvalue weighted by molar-refractivity contribution is -0.0800. The predicted octanol–water partition coefficient (Wildman–Crippen LogP) is 1.91. The standard InChI is InChI=1S/C15H27N3O/c1-4-7-17-15(11-16)6-5-14(8-15)18-9-12(2)19-13(3)10-18/h12-14,17H,4-10H2,1-3H3/t12-,13+,14?,15?. The van der Waals surface area contributed by atoms with E-state index in [9.17, 15) is 5.26 Å². The van der Waals surface area contributed by atoms with Crippen LogP contribution in [0.25, 0.3) is 0 Å². The highest BCUT2D eigenvalue weighted by Crippen LogP contribution is 2.34. The summed E-state index contributed by atoms with van der Waals surface area (Å²) in [7, 11) is 0. The first-order valence-electron chi connectivity index (χ1n) is 7.64. The van der Waals surface area contributed by atoms with Crippen molar-refractivity contribution in [3.05, 3.63) is 0 Å². The molecule has 0 radical (unpaired) electrons. The second-order valence-corrected chi connectivity index (χ2v) is 6.23. The third-order valence-electron chi connectivity index (χ3n) is 4.38. The summed E-state index contributed by atoms with van der Waals surface area (Å²) < 4.78 is 5.80. The van der Waals surface area contributed by atoms with Gasteiger partial charge in [0.1, 0.15) is 5.54 Å². The highest BCUT2D eigenvalue weighted by molar-refractivity contribution is 5.13. The first kappa shape index (κ1) is 14.8. The van der Waals surface area contributed by atoms with Crippen molar-refractivity contribution in [2.45, 2.75) is 70.2 Å². The average Bonchev–Trinajstić information content (AvgIpc) is 2.80. The maximum atomic E-state index is 9.51. The normalized spacial score (nSPS) is 40.2. The first-order chi connectivity index (χ1) is 9.08. The summed E-state index contributed by atoms with van der Waals surface area (Å²) in [6, 6.07) is 3.07. The van der Waals surface area contributed by atoms with Gasteiger partial charge in [-0.3, -0.25) is 10.2 Å². The number of morpholine rings is 1. The van der Waals surface area contributed by atoms with E-state index in [4.69, 9.17) is 4.74 Å². The molecule has 1 heterocycles. The van der Waals surface area contributed by atoms with Gasteiger partial charge < -0.3 is 4.74 Å². The van der Waals surface area contributed by atoms with Crippen molar-refractivity contribution < 1.29 is 4.74 Å². The quantitative estimate of drug-likeness (QED) is 0.843. The summed E-state index contributed by atoms with van der Waals surface area (Å²) in [5.74, 6) is 0. The van der Waals surface area contributed by atoms with E-state index >= 15 is 0 Å². The Balaban J connectivity index is 1.95. The highest BCUT2D eigenvalue weighted by Gasteiger charge is 2.42. The third kappa shape index (κ3) is 3.47. The summed E-state index contributed by atoms with van der Waals surface area (Å²) in [4.78, 5) is 2.53. The van der Waals surface area contributed by atoms with Crippen LogP contribution in [0, 0.1) is 11.3 Å². The number of nitrogens with zero attached hydrogens (tertiary/aromatic N) is 2. The zero-order chi connectivity index (χ0) is 13.9. The molecule has 2 unspecified atom stereocenters. The molecule has 0 aromatic carbocycles. The van der Waals surface area contributed by atoms with Gasteiger partial charge in [0.15, 0.2) is 0 Å². The largest absolute Gasteiger partial charge is 0.373 e. The van der Waals surface area contributed by atoms with Gasteiger partial charge in [-0.15, -0.1) is 0 Å². The van der Waals surface area contributed by atoms with E-state index in [1.807, 2.05) is 0 Å². The number of ether oxygens (including phenoxy) is 1. The van der Waals surface area contributed by atoms with Gasteiger partial charge >= 0.3 is 0 Å². The van der Waals surface area contributed by atoms with Crippen molar-refractivity contribution in [1.29, 1.82) is 5.26 Å². The molecule has 4 atom stereocenters. The third-order valence-corrected chi connectivity index (χ3v) is 4.38. The second kappa shape index (κ2) is 6.21. The molecule has 0 amide bonds. The molecule has 4 heteroatoms. The van der Waals surface area contributed by atoms with Gasteiger partial charge in [0.2, 0.25) is 0 Å². The smallest absolute Gasteiger partial charge is 0.108 e. The Morgan fingerprint density at radius 2 is 2.05 bits per heavy atom. The molecule has 0 aromatic rings. The molecule has 2 rings (SSSR count). The van der Waals surface area contributed by atoms with Crippen molar-refractivity contribution in [3.8, 4) is 6.07 Å². The first-order valence-corrected chi connectivity index (χ1v) is 7.64. The molecule has 1 aliphatic carbocycles. The topological polar surface area (TPSA) is 48.3 Å². The second-order valence-electron chi connectivity index (χ2n) is 6.23.